The lowest BCUT2D eigenvalue weighted by Gasteiger charge is -2.37. The number of carbonyl (C=O) groups excluding carboxylic acids is 1. The lowest BCUT2D eigenvalue weighted by molar-refractivity contribution is -0.384. The molecule has 2 fully saturated rings. The number of rotatable bonds is 4. The number of hydrogen-bond acceptors (Lipinski definition) is 6. The lowest BCUT2D eigenvalue weighted by atomic mass is 10.1. The van der Waals surface area contributed by atoms with Crippen molar-refractivity contribution in [1.82, 2.24) is 9.88 Å². The quantitative estimate of drug-likeness (QED) is 0.419. The van der Waals surface area contributed by atoms with Gasteiger partial charge in [0.05, 0.1) is 10.5 Å². The van der Waals surface area contributed by atoms with E-state index in [2.05, 4.69) is 14.8 Å². The van der Waals surface area contributed by atoms with Crippen LogP contribution in [0.25, 0.3) is 0 Å². The maximum atomic E-state index is 12.7. The van der Waals surface area contributed by atoms with Crippen molar-refractivity contribution < 1.29 is 9.72 Å². The third-order valence-corrected chi connectivity index (χ3v) is 6.08. The predicted molar refractivity (Wildman–Crippen MR) is 117 cm³/mol. The van der Waals surface area contributed by atoms with E-state index in [1.165, 1.54) is 6.42 Å². The predicted octanol–water partition coefficient (Wildman–Crippen LogP) is 3.60. The summed E-state index contributed by atoms with van der Waals surface area (Å²) < 4.78 is 0. The van der Waals surface area contributed by atoms with Gasteiger partial charge in [-0.3, -0.25) is 14.9 Å². The zero-order valence-electron chi connectivity index (χ0n) is 16.7. The summed E-state index contributed by atoms with van der Waals surface area (Å²) >= 11 is 6.07. The second-order valence-electron chi connectivity index (χ2n) is 7.60. The molecule has 0 aliphatic carbocycles. The minimum Gasteiger partial charge on any atom is -0.368 e. The van der Waals surface area contributed by atoms with E-state index in [0.717, 1.165) is 31.6 Å². The number of aromatic nitrogens is 1. The molecule has 1 amide bonds. The molecule has 1 aromatic carbocycles. The van der Waals surface area contributed by atoms with Crippen molar-refractivity contribution in [1.29, 1.82) is 0 Å². The number of nitro groups is 1. The van der Waals surface area contributed by atoms with E-state index in [1.807, 2.05) is 6.07 Å². The molecule has 0 spiro atoms. The highest BCUT2D eigenvalue weighted by Gasteiger charge is 2.26. The summed E-state index contributed by atoms with van der Waals surface area (Å²) in [6, 6.07) is 8.73. The number of anilines is 2. The number of benzene rings is 1. The zero-order valence-corrected chi connectivity index (χ0v) is 17.4. The van der Waals surface area contributed by atoms with Crippen LogP contribution in [-0.4, -0.2) is 60.0 Å². The molecule has 9 heteroatoms. The molecule has 2 aliphatic heterocycles. The second-order valence-corrected chi connectivity index (χ2v) is 7.96. The van der Waals surface area contributed by atoms with Gasteiger partial charge in [0.15, 0.2) is 0 Å². The van der Waals surface area contributed by atoms with Gasteiger partial charge in [-0.05, 0) is 43.5 Å². The van der Waals surface area contributed by atoms with Gasteiger partial charge >= 0.3 is 0 Å². The van der Waals surface area contributed by atoms with Crippen LogP contribution in [0, 0.1) is 10.1 Å². The molecule has 8 nitrogen and oxygen atoms in total. The van der Waals surface area contributed by atoms with Crippen LogP contribution in [0.4, 0.5) is 17.1 Å². The Morgan fingerprint density at radius 3 is 2.40 bits per heavy atom. The Labute approximate surface area is 180 Å². The molecule has 4 rings (SSSR count). The first-order valence-corrected chi connectivity index (χ1v) is 10.6. The summed E-state index contributed by atoms with van der Waals surface area (Å²) in [5.74, 6) is -0.120. The van der Waals surface area contributed by atoms with Crippen LogP contribution in [0.2, 0.25) is 5.15 Å². The van der Waals surface area contributed by atoms with Gasteiger partial charge in [-0.15, -0.1) is 0 Å². The maximum absolute atomic E-state index is 12.7. The molecule has 0 N–H and O–H groups in total. The molecule has 158 valence electrons. The summed E-state index contributed by atoms with van der Waals surface area (Å²) in [6.07, 6.45) is 4.84. The molecule has 1 aromatic heterocycles. The number of carbonyl (C=O) groups is 1. The average molecular weight is 430 g/mol. The zero-order chi connectivity index (χ0) is 21.1. The smallest absolute Gasteiger partial charge is 0.292 e. The second kappa shape index (κ2) is 8.87. The van der Waals surface area contributed by atoms with E-state index in [1.54, 1.807) is 35.4 Å². The normalized spacial score (nSPS) is 17.2. The van der Waals surface area contributed by atoms with Gasteiger partial charge in [-0.25, -0.2) is 4.98 Å². The first-order chi connectivity index (χ1) is 14.5. The van der Waals surface area contributed by atoms with Crippen LogP contribution in [0.1, 0.15) is 29.6 Å². The minimum atomic E-state index is -0.304. The molecule has 0 unspecified atom stereocenters. The standard InChI is InChI=1S/C21H24ClN5O3/c22-20-17(5-4-8-23-20)21(28)26-13-11-24(12-14-26)16-6-7-18(27(29)30)19(15-16)25-9-2-1-3-10-25/h4-8,15H,1-3,9-14H2. The van der Waals surface area contributed by atoms with Crippen molar-refractivity contribution in [3.63, 3.8) is 0 Å². The van der Waals surface area contributed by atoms with Gasteiger partial charge in [0.1, 0.15) is 10.8 Å². The van der Waals surface area contributed by atoms with Gasteiger partial charge in [-0.2, -0.15) is 0 Å². The van der Waals surface area contributed by atoms with Crippen molar-refractivity contribution in [2.45, 2.75) is 19.3 Å². The molecule has 2 aromatic rings. The monoisotopic (exact) mass is 429 g/mol. The topological polar surface area (TPSA) is 82.8 Å². The van der Waals surface area contributed by atoms with Gasteiger partial charge < -0.3 is 14.7 Å². The summed E-state index contributed by atoms with van der Waals surface area (Å²) in [5, 5.41) is 11.8. The van der Waals surface area contributed by atoms with Crippen molar-refractivity contribution in [3.05, 3.63) is 57.4 Å². The Kier molecular flexibility index (Phi) is 6.03. The molecular formula is C21H24ClN5O3. The Morgan fingerprint density at radius 1 is 1.00 bits per heavy atom. The SMILES string of the molecule is O=C(c1cccnc1Cl)N1CCN(c2ccc([N+](=O)[O-])c(N3CCCCC3)c2)CC1. The van der Waals surface area contributed by atoms with Gasteiger partial charge in [0.2, 0.25) is 0 Å². The van der Waals surface area contributed by atoms with Crippen LogP contribution >= 0.6 is 11.6 Å². The lowest BCUT2D eigenvalue weighted by Crippen LogP contribution is -2.49. The fourth-order valence-electron chi connectivity index (χ4n) is 4.13. The van der Waals surface area contributed by atoms with E-state index in [4.69, 9.17) is 11.6 Å². The fourth-order valence-corrected chi connectivity index (χ4v) is 4.33. The van der Waals surface area contributed by atoms with Gasteiger partial charge in [0.25, 0.3) is 11.6 Å². The number of piperidine rings is 1. The molecule has 0 atom stereocenters. The summed E-state index contributed by atoms with van der Waals surface area (Å²) in [5.41, 5.74) is 2.21. The van der Waals surface area contributed by atoms with Crippen LogP contribution in [0.5, 0.6) is 0 Å². The van der Waals surface area contributed by atoms with Crippen molar-refractivity contribution in [2.24, 2.45) is 0 Å². The summed E-state index contributed by atoms with van der Waals surface area (Å²) in [4.78, 5) is 34.0. The van der Waals surface area contributed by atoms with Crippen LogP contribution < -0.4 is 9.80 Å². The number of hydrogen-bond donors (Lipinski definition) is 0. The first-order valence-electron chi connectivity index (χ1n) is 10.2. The van der Waals surface area contributed by atoms with E-state index in [-0.39, 0.29) is 21.7 Å². The Balaban J connectivity index is 1.48. The van der Waals surface area contributed by atoms with Crippen LogP contribution in [0.3, 0.4) is 0 Å². The molecular weight excluding hydrogens is 406 g/mol. The number of amides is 1. The van der Waals surface area contributed by atoms with Gasteiger partial charge in [0, 0.05) is 57.2 Å². The van der Waals surface area contributed by atoms with Crippen molar-refractivity contribution >= 4 is 34.6 Å². The van der Waals surface area contributed by atoms with E-state index in [9.17, 15) is 14.9 Å². The molecule has 0 radical (unpaired) electrons. The van der Waals surface area contributed by atoms with Crippen molar-refractivity contribution in [2.75, 3.05) is 49.1 Å². The molecule has 0 saturated carbocycles. The number of nitro benzene ring substituents is 1. The Hall–Kier alpha value is -2.87. The highest BCUT2D eigenvalue weighted by molar-refractivity contribution is 6.32. The Bertz CT molecular complexity index is 940. The molecule has 3 heterocycles. The molecule has 2 saturated heterocycles. The molecule has 30 heavy (non-hydrogen) atoms. The third kappa shape index (κ3) is 4.18. The van der Waals surface area contributed by atoms with Gasteiger partial charge in [-0.1, -0.05) is 11.6 Å². The number of nitrogens with zero attached hydrogens (tertiary/aromatic N) is 5. The first kappa shape index (κ1) is 20.4. The van der Waals surface area contributed by atoms with Crippen LogP contribution in [-0.2, 0) is 0 Å². The van der Waals surface area contributed by atoms with E-state index in [0.29, 0.717) is 37.4 Å². The molecule has 0 bridgehead atoms. The fraction of sp³-hybridized carbons (Fsp3) is 0.429. The molecule has 2 aliphatic rings. The van der Waals surface area contributed by atoms with E-state index >= 15 is 0 Å². The highest BCUT2D eigenvalue weighted by Crippen LogP contribution is 2.34. The summed E-state index contributed by atoms with van der Waals surface area (Å²) in [6.45, 7) is 4.11. The highest BCUT2D eigenvalue weighted by atomic mass is 35.5. The van der Waals surface area contributed by atoms with Crippen LogP contribution in [0.15, 0.2) is 36.5 Å². The Morgan fingerprint density at radius 2 is 1.73 bits per heavy atom. The number of piperazine rings is 1. The summed E-state index contributed by atoms with van der Waals surface area (Å²) in [7, 11) is 0. The maximum Gasteiger partial charge on any atom is 0.292 e. The minimum absolute atomic E-state index is 0.120. The third-order valence-electron chi connectivity index (χ3n) is 5.77. The van der Waals surface area contributed by atoms with Crippen molar-refractivity contribution in [3.8, 4) is 0 Å². The number of pyridine rings is 1. The van der Waals surface area contributed by atoms with E-state index < -0.39 is 0 Å². The largest absolute Gasteiger partial charge is 0.368 e. The average Bonchev–Trinajstić information content (AvgIpc) is 2.79. The number of halogens is 1.